The molecule has 5 nitrogen and oxygen atoms in total. The minimum atomic E-state index is -0.789. The van der Waals surface area contributed by atoms with Crippen LogP contribution in [-0.2, 0) is 4.79 Å². The Labute approximate surface area is 120 Å². The first-order valence-electron chi connectivity index (χ1n) is 6.89. The van der Waals surface area contributed by atoms with Crippen LogP contribution in [0.3, 0.4) is 0 Å². The van der Waals surface area contributed by atoms with E-state index >= 15 is 0 Å². The van der Waals surface area contributed by atoms with Crippen LogP contribution in [0.5, 0.6) is 5.75 Å². The molecule has 1 heterocycles. The second-order valence-electron chi connectivity index (χ2n) is 5.70. The minimum Gasteiger partial charge on any atom is -0.497 e. The molecule has 1 aromatic rings. The average Bonchev–Trinajstić information content (AvgIpc) is 2.46. The molecule has 5 heteroatoms. The highest BCUT2D eigenvalue weighted by Crippen LogP contribution is 2.21. The fourth-order valence-corrected chi connectivity index (χ4v) is 2.37. The maximum absolute atomic E-state index is 12.1. The van der Waals surface area contributed by atoms with Crippen LogP contribution in [0.2, 0.25) is 0 Å². The Hall–Kier alpha value is -1.75. The van der Waals surface area contributed by atoms with Crippen molar-refractivity contribution in [1.29, 1.82) is 0 Å². The lowest BCUT2D eigenvalue weighted by molar-refractivity contribution is -0.136. The van der Waals surface area contributed by atoms with Crippen LogP contribution >= 0.6 is 0 Å². The van der Waals surface area contributed by atoms with E-state index in [0.717, 1.165) is 24.5 Å². The standard InChI is InChI=1S/C15H23N3O2/c1-15(2,16)14(19)18-10-8-17(9-11-18)12-4-6-13(20-3)7-5-12/h4-7H,8-11,16H2,1-3H3. The van der Waals surface area contributed by atoms with Gasteiger partial charge in [-0.3, -0.25) is 4.79 Å². The van der Waals surface area contributed by atoms with Gasteiger partial charge in [0.05, 0.1) is 12.6 Å². The molecule has 0 aliphatic carbocycles. The number of amides is 1. The van der Waals surface area contributed by atoms with Gasteiger partial charge in [-0.15, -0.1) is 0 Å². The van der Waals surface area contributed by atoms with Gasteiger partial charge < -0.3 is 20.3 Å². The smallest absolute Gasteiger partial charge is 0.242 e. The van der Waals surface area contributed by atoms with Gasteiger partial charge in [0.1, 0.15) is 5.75 Å². The zero-order chi connectivity index (χ0) is 14.8. The lowest BCUT2D eigenvalue weighted by Crippen LogP contribution is -2.57. The van der Waals surface area contributed by atoms with Gasteiger partial charge in [-0.2, -0.15) is 0 Å². The third kappa shape index (κ3) is 3.22. The summed E-state index contributed by atoms with van der Waals surface area (Å²) in [5.74, 6) is 0.874. The molecule has 0 saturated carbocycles. The summed E-state index contributed by atoms with van der Waals surface area (Å²) < 4.78 is 5.16. The van der Waals surface area contributed by atoms with Crippen LogP contribution in [0.1, 0.15) is 13.8 Å². The molecule has 1 amide bonds. The predicted octanol–water partition coefficient (Wildman–Crippen LogP) is 1.08. The molecule has 1 aromatic carbocycles. The van der Waals surface area contributed by atoms with Crippen molar-refractivity contribution in [3.8, 4) is 5.75 Å². The van der Waals surface area contributed by atoms with E-state index in [1.807, 2.05) is 29.2 Å². The van der Waals surface area contributed by atoms with Crippen LogP contribution in [0, 0.1) is 0 Å². The molecule has 0 aromatic heterocycles. The third-order valence-corrected chi connectivity index (χ3v) is 3.56. The predicted molar refractivity (Wildman–Crippen MR) is 80.1 cm³/mol. The van der Waals surface area contributed by atoms with Crippen molar-refractivity contribution >= 4 is 11.6 Å². The molecular weight excluding hydrogens is 254 g/mol. The number of rotatable bonds is 3. The second-order valence-corrected chi connectivity index (χ2v) is 5.70. The van der Waals surface area contributed by atoms with Gasteiger partial charge in [0.15, 0.2) is 0 Å². The topological polar surface area (TPSA) is 58.8 Å². The van der Waals surface area contributed by atoms with Crippen LogP contribution in [0.25, 0.3) is 0 Å². The molecule has 0 spiro atoms. The molecule has 110 valence electrons. The van der Waals surface area contributed by atoms with E-state index in [-0.39, 0.29) is 5.91 Å². The number of ether oxygens (including phenoxy) is 1. The molecule has 2 N–H and O–H groups in total. The Morgan fingerprint density at radius 2 is 1.70 bits per heavy atom. The summed E-state index contributed by atoms with van der Waals surface area (Å²) in [5.41, 5.74) is 6.24. The fraction of sp³-hybridized carbons (Fsp3) is 0.533. The van der Waals surface area contributed by atoms with Gasteiger partial charge in [0.2, 0.25) is 5.91 Å². The van der Waals surface area contributed by atoms with Gasteiger partial charge in [-0.25, -0.2) is 0 Å². The Morgan fingerprint density at radius 1 is 1.15 bits per heavy atom. The first-order valence-corrected chi connectivity index (χ1v) is 6.89. The summed E-state index contributed by atoms with van der Waals surface area (Å²) in [6, 6.07) is 8.00. The van der Waals surface area contributed by atoms with E-state index in [4.69, 9.17) is 10.5 Å². The highest BCUT2D eigenvalue weighted by atomic mass is 16.5. The number of nitrogens with zero attached hydrogens (tertiary/aromatic N) is 2. The molecule has 0 bridgehead atoms. The number of benzene rings is 1. The van der Waals surface area contributed by atoms with Crippen molar-refractivity contribution in [3.05, 3.63) is 24.3 Å². The van der Waals surface area contributed by atoms with Crippen molar-refractivity contribution in [3.63, 3.8) is 0 Å². The first-order chi connectivity index (χ1) is 9.41. The van der Waals surface area contributed by atoms with Crippen molar-refractivity contribution in [2.45, 2.75) is 19.4 Å². The van der Waals surface area contributed by atoms with E-state index < -0.39 is 5.54 Å². The number of nitrogens with two attached hydrogens (primary N) is 1. The van der Waals surface area contributed by atoms with Crippen molar-refractivity contribution in [2.75, 3.05) is 38.2 Å². The molecule has 1 aliphatic rings. The molecule has 2 rings (SSSR count). The summed E-state index contributed by atoms with van der Waals surface area (Å²) in [4.78, 5) is 16.2. The number of anilines is 1. The van der Waals surface area contributed by atoms with Crippen molar-refractivity contribution in [2.24, 2.45) is 5.73 Å². The highest BCUT2D eigenvalue weighted by Gasteiger charge is 2.30. The number of methoxy groups -OCH3 is 1. The molecule has 1 fully saturated rings. The number of hydrogen-bond acceptors (Lipinski definition) is 4. The van der Waals surface area contributed by atoms with Gasteiger partial charge >= 0.3 is 0 Å². The monoisotopic (exact) mass is 277 g/mol. The normalized spacial score (nSPS) is 16.2. The Balaban J connectivity index is 1.95. The molecule has 0 unspecified atom stereocenters. The largest absolute Gasteiger partial charge is 0.497 e. The zero-order valence-corrected chi connectivity index (χ0v) is 12.4. The lowest BCUT2D eigenvalue weighted by atomic mass is 10.0. The van der Waals surface area contributed by atoms with Crippen LogP contribution in [-0.4, -0.2) is 49.6 Å². The molecular formula is C15H23N3O2. The first kappa shape index (κ1) is 14.7. The SMILES string of the molecule is COc1ccc(N2CCN(C(=O)C(C)(C)N)CC2)cc1. The van der Waals surface area contributed by atoms with Gasteiger partial charge in [0, 0.05) is 31.9 Å². The second kappa shape index (κ2) is 5.71. The number of carbonyl (C=O) groups is 1. The molecule has 0 radical (unpaired) electrons. The zero-order valence-electron chi connectivity index (χ0n) is 12.4. The average molecular weight is 277 g/mol. The van der Waals surface area contributed by atoms with E-state index in [9.17, 15) is 4.79 Å². The van der Waals surface area contributed by atoms with Crippen LogP contribution in [0.15, 0.2) is 24.3 Å². The summed E-state index contributed by atoms with van der Waals surface area (Å²) in [6.45, 7) is 6.59. The van der Waals surface area contributed by atoms with E-state index in [0.29, 0.717) is 13.1 Å². The maximum atomic E-state index is 12.1. The fourth-order valence-electron chi connectivity index (χ4n) is 2.37. The number of hydrogen-bond donors (Lipinski definition) is 1. The Morgan fingerprint density at radius 3 is 2.15 bits per heavy atom. The summed E-state index contributed by atoms with van der Waals surface area (Å²) in [5, 5.41) is 0. The summed E-state index contributed by atoms with van der Waals surface area (Å²) >= 11 is 0. The maximum Gasteiger partial charge on any atom is 0.242 e. The quantitative estimate of drug-likeness (QED) is 0.898. The third-order valence-electron chi connectivity index (χ3n) is 3.56. The molecule has 1 aliphatic heterocycles. The minimum absolute atomic E-state index is 0.0203. The molecule has 1 saturated heterocycles. The van der Waals surface area contributed by atoms with Crippen LogP contribution < -0.4 is 15.4 Å². The van der Waals surface area contributed by atoms with E-state index in [1.54, 1.807) is 21.0 Å². The summed E-state index contributed by atoms with van der Waals surface area (Å²) in [6.07, 6.45) is 0. The van der Waals surface area contributed by atoms with Crippen LogP contribution in [0.4, 0.5) is 5.69 Å². The lowest BCUT2D eigenvalue weighted by Gasteiger charge is -2.38. The Kier molecular flexibility index (Phi) is 4.18. The number of carbonyl (C=O) groups excluding carboxylic acids is 1. The van der Waals surface area contributed by atoms with E-state index in [2.05, 4.69) is 4.90 Å². The van der Waals surface area contributed by atoms with Crippen molar-refractivity contribution in [1.82, 2.24) is 4.90 Å². The van der Waals surface area contributed by atoms with Crippen molar-refractivity contribution < 1.29 is 9.53 Å². The van der Waals surface area contributed by atoms with Gasteiger partial charge in [-0.05, 0) is 38.1 Å². The van der Waals surface area contributed by atoms with Gasteiger partial charge in [0.25, 0.3) is 0 Å². The molecule has 20 heavy (non-hydrogen) atoms. The highest BCUT2D eigenvalue weighted by molar-refractivity contribution is 5.85. The van der Waals surface area contributed by atoms with Gasteiger partial charge in [-0.1, -0.05) is 0 Å². The van der Waals surface area contributed by atoms with E-state index in [1.165, 1.54) is 0 Å². The Bertz CT molecular complexity index is 457. The number of piperazine rings is 1. The molecule has 0 atom stereocenters. The summed E-state index contributed by atoms with van der Waals surface area (Å²) in [7, 11) is 1.66.